The van der Waals surface area contributed by atoms with E-state index in [2.05, 4.69) is 5.32 Å². The lowest BCUT2D eigenvalue weighted by atomic mass is 9.86. The predicted molar refractivity (Wildman–Crippen MR) is 143 cm³/mol. The summed E-state index contributed by atoms with van der Waals surface area (Å²) in [6, 6.07) is 21.2. The van der Waals surface area contributed by atoms with E-state index in [1.165, 1.54) is 0 Å². The van der Waals surface area contributed by atoms with Gasteiger partial charge in [0.05, 0.1) is 18.0 Å². The van der Waals surface area contributed by atoms with Crippen molar-refractivity contribution in [1.82, 2.24) is 14.8 Å². The molecule has 4 atom stereocenters. The summed E-state index contributed by atoms with van der Waals surface area (Å²) in [4.78, 5) is 42.4. The van der Waals surface area contributed by atoms with E-state index in [-0.39, 0.29) is 30.5 Å². The molecular formula is C30H31N3O4. The Morgan fingerprint density at radius 1 is 1.00 bits per heavy atom. The number of nitrogens with one attached hydrogen (secondary N) is 1. The zero-order chi connectivity index (χ0) is 25.9. The first-order chi connectivity index (χ1) is 18.0. The molecule has 2 N–H and O–H groups in total. The second kappa shape index (κ2) is 10.6. The monoisotopic (exact) mass is 497 g/mol. The van der Waals surface area contributed by atoms with E-state index >= 15 is 0 Å². The van der Waals surface area contributed by atoms with Crippen LogP contribution in [-0.4, -0.2) is 45.6 Å². The second-order valence-corrected chi connectivity index (χ2v) is 9.63. The maximum atomic E-state index is 13.7. The van der Waals surface area contributed by atoms with Crippen LogP contribution in [0.4, 0.5) is 0 Å². The summed E-state index contributed by atoms with van der Waals surface area (Å²) in [5.41, 5.74) is 2.48. The van der Waals surface area contributed by atoms with E-state index in [1.54, 1.807) is 45.9 Å². The van der Waals surface area contributed by atoms with Crippen LogP contribution in [0, 0.1) is 11.8 Å². The highest BCUT2D eigenvalue weighted by Crippen LogP contribution is 2.48. The Morgan fingerprint density at radius 2 is 1.70 bits per heavy atom. The molecule has 2 aliphatic heterocycles. The molecule has 7 heteroatoms. The van der Waals surface area contributed by atoms with Crippen LogP contribution >= 0.6 is 0 Å². The normalized spacial score (nSPS) is 22.2. The standard InChI is InChI=1S/C30H31N3O4/c1-2-17-31-28(35)26-23(19-34)25-18-32-24(27(26)33(25)30(37)21-11-7-4-8-12-21)16-15-22(29(32)36)14-13-20-9-5-3-6-10-20/h3-16,23,25-27,34H,2,17-19H2,1H3,(H,31,35)/b14-13+/t23-,25-,26+,27+/m1/s1. The number of hydrogen-bond donors (Lipinski definition) is 2. The summed E-state index contributed by atoms with van der Waals surface area (Å²) >= 11 is 0. The van der Waals surface area contributed by atoms with Crippen LogP contribution in [0.15, 0.2) is 77.6 Å². The van der Waals surface area contributed by atoms with Gasteiger partial charge in [-0.25, -0.2) is 0 Å². The molecule has 37 heavy (non-hydrogen) atoms. The molecule has 0 aliphatic carbocycles. The molecule has 1 fully saturated rings. The third-order valence-electron chi connectivity index (χ3n) is 7.44. The van der Waals surface area contributed by atoms with Crippen molar-refractivity contribution < 1.29 is 14.7 Å². The minimum atomic E-state index is -0.659. The number of rotatable bonds is 7. The van der Waals surface area contributed by atoms with E-state index in [4.69, 9.17) is 0 Å². The Bertz CT molecular complexity index is 1370. The molecule has 1 aromatic heterocycles. The number of pyridine rings is 1. The largest absolute Gasteiger partial charge is 0.396 e. The zero-order valence-electron chi connectivity index (χ0n) is 20.8. The average molecular weight is 498 g/mol. The molecule has 3 heterocycles. The van der Waals surface area contributed by atoms with E-state index in [0.717, 1.165) is 12.0 Å². The van der Waals surface area contributed by atoms with Gasteiger partial charge in [-0.1, -0.05) is 61.5 Å². The summed E-state index contributed by atoms with van der Waals surface area (Å²) in [7, 11) is 0. The number of carbonyl (C=O) groups is 2. The highest BCUT2D eigenvalue weighted by Gasteiger charge is 2.57. The van der Waals surface area contributed by atoms with Crippen LogP contribution in [0.1, 0.15) is 46.6 Å². The van der Waals surface area contributed by atoms with Gasteiger partial charge in [-0.3, -0.25) is 14.4 Å². The molecule has 0 radical (unpaired) electrons. The molecule has 0 saturated carbocycles. The van der Waals surface area contributed by atoms with Gasteiger partial charge in [-0.2, -0.15) is 0 Å². The van der Waals surface area contributed by atoms with Gasteiger partial charge in [-0.05, 0) is 42.3 Å². The van der Waals surface area contributed by atoms with Crippen LogP contribution < -0.4 is 10.9 Å². The molecule has 2 aliphatic rings. The van der Waals surface area contributed by atoms with Crippen molar-refractivity contribution in [3.63, 3.8) is 0 Å². The van der Waals surface area contributed by atoms with Gasteiger partial charge in [-0.15, -0.1) is 0 Å². The Hall–Kier alpha value is -3.97. The van der Waals surface area contributed by atoms with Crippen LogP contribution in [0.2, 0.25) is 0 Å². The predicted octanol–water partition coefficient (Wildman–Crippen LogP) is 3.35. The van der Waals surface area contributed by atoms with Crippen molar-refractivity contribution in [3.05, 3.63) is 106 Å². The molecular weight excluding hydrogens is 466 g/mol. The number of aromatic nitrogens is 1. The Morgan fingerprint density at radius 3 is 2.38 bits per heavy atom. The van der Waals surface area contributed by atoms with Gasteiger partial charge in [0.2, 0.25) is 5.91 Å². The van der Waals surface area contributed by atoms with Gasteiger partial charge < -0.3 is 19.9 Å². The van der Waals surface area contributed by atoms with Crippen molar-refractivity contribution in [2.24, 2.45) is 11.8 Å². The summed E-state index contributed by atoms with van der Waals surface area (Å²) in [6.45, 7) is 2.45. The molecule has 3 aromatic rings. The maximum Gasteiger partial charge on any atom is 0.258 e. The Balaban J connectivity index is 1.59. The first kappa shape index (κ1) is 24.7. The third-order valence-corrected chi connectivity index (χ3v) is 7.44. The number of hydrogen-bond acceptors (Lipinski definition) is 4. The minimum Gasteiger partial charge on any atom is -0.396 e. The van der Waals surface area contributed by atoms with Crippen LogP contribution in [0.3, 0.4) is 0 Å². The number of amides is 2. The number of nitrogens with zero attached hydrogens (tertiary/aromatic N) is 2. The number of benzene rings is 2. The summed E-state index contributed by atoms with van der Waals surface area (Å²) < 4.78 is 1.69. The lowest BCUT2D eigenvalue weighted by molar-refractivity contribution is -0.127. The van der Waals surface area contributed by atoms with Crippen molar-refractivity contribution >= 4 is 24.0 Å². The van der Waals surface area contributed by atoms with Crippen LogP contribution in [-0.2, 0) is 11.3 Å². The second-order valence-electron chi connectivity index (χ2n) is 9.63. The molecule has 2 bridgehead atoms. The number of carbonyl (C=O) groups excluding carboxylic acids is 2. The smallest absolute Gasteiger partial charge is 0.258 e. The molecule has 0 unspecified atom stereocenters. The fourth-order valence-electron chi connectivity index (χ4n) is 5.67. The molecule has 0 spiro atoms. The minimum absolute atomic E-state index is 0.169. The highest BCUT2D eigenvalue weighted by atomic mass is 16.3. The first-order valence-electron chi connectivity index (χ1n) is 12.8. The fourth-order valence-corrected chi connectivity index (χ4v) is 5.67. The Labute approximate surface area is 216 Å². The topological polar surface area (TPSA) is 91.6 Å². The van der Waals surface area contributed by atoms with Gasteiger partial charge in [0.15, 0.2) is 0 Å². The van der Waals surface area contributed by atoms with Gasteiger partial charge in [0.1, 0.15) is 0 Å². The van der Waals surface area contributed by atoms with Crippen molar-refractivity contribution in [3.8, 4) is 0 Å². The van der Waals surface area contributed by atoms with E-state index in [0.29, 0.717) is 23.4 Å². The SMILES string of the molecule is CCCNC(=O)[C@H]1[C@H](CO)[C@H]2Cn3c(ccc(/C=C/c4ccccc4)c3=O)[C@@H]1N2C(=O)c1ccccc1. The molecule has 7 nitrogen and oxygen atoms in total. The first-order valence-corrected chi connectivity index (χ1v) is 12.8. The lowest BCUT2D eigenvalue weighted by Gasteiger charge is -2.38. The highest BCUT2D eigenvalue weighted by molar-refractivity contribution is 5.96. The van der Waals surface area contributed by atoms with Crippen LogP contribution in [0.25, 0.3) is 12.2 Å². The molecule has 1 saturated heterocycles. The zero-order valence-corrected chi connectivity index (χ0v) is 20.8. The van der Waals surface area contributed by atoms with Gasteiger partial charge >= 0.3 is 0 Å². The van der Waals surface area contributed by atoms with Crippen molar-refractivity contribution in [1.29, 1.82) is 0 Å². The molecule has 190 valence electrons. The van der Waals surface area contributed by atoms with Gasteiger partial charge in [0.25, 0.3) is 11.5 Å². The summed E-state index contributed by atoms with van der Waals surface area (Å²) in [5, 5.41) is 13.4. The number of aliphatic hydroxyl groups excluding tert-OH is 1. The van der Waals surface area contributed by atoms with Crippen molar-refractivity contribution in [2.45, 2.75) is 32.0 Å². The van der Waals surface area contributed by atoms with E-state index < -0.39 is 23.9 Å². The molecule has 2 aromatic carbocycles. The van der Waals surface area contributed by atoms with E-state index in [1.807, 2.05) is 55.5 Å². The number of fused-ring (bicyclic) bond motifs is 4. The van der Waals surface area contributed by atoms with E-state index in [9.17, 15) is 19.5 Å². The molecule has 2 amide bonds. The summed E-state index contributed by atoms with van der Waals surface area (Å²) in [5.74, 6) is -1.55. The Kier molecular flexibility index (Phi) is 7.06. The van der Waals surface area contributed by atoms with Gasteiger partial charge in [0, 0.05) is 42.4 Å². The summed E-state index contributed by atoms with van der Waals surface area (Å²) in [6.07, 6.45) is 4.46. The third kappa shape index (κ3) is 4.51. The average Bonchev–Trinajstić information content (AvgIpc) is 3.18. The number of aliphatic hydroxyl groups is 1. The van der Waals surface area contributed by atoms with Crippen molar-refractivity contribution in [2.75, 3.05) is 13.2 Å². The maximum absolute atomic E-state index is 13.7. The molecule has 5 rings (SSSR count). The van der Waals surface area contributed by atoms with Crippen LogP contribution in [0.5, 0.6) is 0 Å². The fraction of sp³-hybridized carbons (Fsp3) is 0.300. The lowest BCUT2D eigenvalue weighted by Crippen LogP contribution is -2.49. The quantitative estimate of drug-likeness (QED) is 0.524.